The molecule has 0 atom stereocenters. The molecular formula is C16H18N6S. The highest BCUT2D eigenvalue weighted by Crippen LogP contribution is 2.18. The first-order valence-electron chi connectivity index (χ1n) is 7.56. The predicted octanol–water partition coefficient (Wildman–Crippen LogP) is 2.58. The third-order valence-electron chi connectivity index (χ3n) is 4.05. The van der Waals surface area contributed by atoms with Gasteiger partial charge in [-0.2, -0.15) is 5.10 Å². The summed E-state index contributed by atoms with van der Waals surface area (Å²) in [6.45, 7) is 5.47. The van der Waals surface area contributed by atoms with Crippen molar-refractivity contribution in [1.29, 1.82) is 0 Å². The van der Waals surface area contributed by atoms with Crippen molar-refractivity contribution in [2.24, 2.45) is 7.05 Å². The first kappa shape index (κ1) is 14.3. The summed E-state index contributed by atoms with van der Waals surface area (Å²) in [6.07, 6.45) is 0. The molecule has 0 saturated heterocycles. The van der Waals surface area contributed by atoms with E-state index in [1.807, 2.05) is 36.6 Å². The number of hydrogen-bond acceptors (Lipinski definition) is 5. The maximum Gasteiger partial charge on any atom is 0.212 e. The molecule has 118 valence electrons. The van der Waals surface area contributed by atoms with Gasteiger partial charge in [-0.1, -0.05) is 23.5 Å². The van der Waals surface area contributed by atoms with Crippen molar-refractivity contribution in [2.75, 3.05) is 0 Å². The van der Waals surface area contributed by atoms with Crippen LogP contribution >= 0.6 is 11.3 Å². The highest BCUT2D eigenvalue weighted by Gasteiger charge is 2.13. The number of nitrogens with one attached hydrogen (secondary N) is 1. The molecule has 23 heavy (non-hydrogen) atoms. The number of imidazole rings is 2. The second-order valence-electron chi connectivity index (χ2n) is 5.64. The van der Waals surface area contributed by atoms with Gasteiger partial charge >= 0.3 is 0 Å². The number of para-hydroxylation sites is 2. The van der Waals surface area contributed by atoms with E-state index in [1.54, 1.807) is 11.3 Å². The molecule has 0 unspecified atom stereocenters. The standard InChI is InChI=1S/C16H18N6S/c1-10-14(22-16(18-10)23-11(2)20-22)8-17-9-15-19-12-6-4-5-7-13(12)21(15)3/h4-7,17H,8-9H2,1-3H3. The van der Waals surface area contributed by atoms with Crippen LogP contribution in [0.15, 0.2) is 24.3 Å². The topological polar surface area (TPSA) is 60.0 Å². The predicted molar refractivity (Wildman–Crippen MR) is 91.6 cm³/mol. The van der Waals surface area contributed by atoms with Crippen molar-refractivity contribution in [3.05, 3.63) is 46.5 Å². The zero-order valence-corrected chi connectivity index (χ0v) is 14.2. The fraction of sp³-hybridized carbons (Fsp3) is 0.312. The Balaban J connectivity index is 1.54. The second-order valence-corrected chi connectivity index (χ2v) is 6.80. The summed E-state index contributed by atoms with van der Waals surface area (Å²) in [5, 5.41) is 9.02. The lowest BCUT2D eigenvalue weighted by atomic mass is 10.3. The lowest BCUT2D eigenvalue weighted by Gasteiger charge is -2.05. The lowest BCUT2D eigenvalue weighted by Crippen LogP contribution is -2.17. The fourth-order valence-electron chi connectivity index (χ4n) is 2.84. The Morgan fingerprint density at radius 3 is 2.78 bits per heavy atom. The van der Waals surface area contributed by atoms with Gasteiger partial charge in [-0.05, 0) is 26.0 Å². The van der Waals surface area contributed by atoms with Gasteiger partial charge in [-0.15, -0.1) is 0 Å². The fourth-order valence-corrected chi connectivity index (χ4v) is 3.64. The largest absolute Gasteiger partial charge is 0.330 e. The van der Waals surface area contributed by atoms with E-state index in [4.69, 9.17) is 0 Å². The number of hydrogen-bond donors (Lipinski definition) is 1. The zero-order valence-electron chi connectivity index (χ0n) is 13.4. The number of aryl methyl sites for hydroxylation is 3. The lowest BCUT2D eigenvalue weighted by molar-refractivity contribution is 0.623. The molecule has 0 bridgehead atoms. The summed E-state index contributed by atoms with van der Waals surface area (Å²) in [5.74, 6) is 1.03. The third-order valence-corrected chi connectivity index (χ3v) is 4.88. The van der Waals surface area contributed by atoms with Crippen molar-refractivity contribution in [3.63, 3.8) is 0 Å². The highest BCUT2D eigenvalue weighted by molar-refractivity contribution is 7.16. The van der Waals surface area contributed by atoms with Crippen molar-refractivity contribution in [1.82, 2.24) is 29.5 Å². The molecule has 7 heteroatoms. The van der Waals surface area contributed by atoms with Crippen molar-refractivity contribution in [2.45, 2.75) is 26.9 Å². The van der Waals surface area contributed by atoms with E-state index in [0.29, 0.717) is 6.54 Å². The average molecular weight is 326 g/mol. The number of rotatable bonds is 4. The maximum atomic E-state index is 4.68. The number of nitrogens with zero attached hydrogens (tertiary/aromatic N) is 5. The molecular weight excluding hydrogens is 308 g/mol. The Bertz CT molecular complexity index is 993. The van der Waals surface area contributed by atoms with Gasteiger partial charge in [0.15, 0.2) is 0 Å². The Kier molecular flexibility index (Phi) is 3.39. The molecule has 4 aromatic rings. The van der Waals surface area contributed by atoms with Gasteiger partial charge in [0.25, 0.3) is 0 Å². The minimum absolute atomic E-state index is 0.709. The van der Waals surface area contributed by atoms with Crippen molar-refractivity contribution < 1.29 is 0 Å². The van der Waals surface area contributed by atoms with Crippen LogP contribution in [0, 0.1) is 13.8 Å². The number of fused-ring (bicyclic) bond motifs is 2. The molecule has 1 N–H and O–H groups in total. The van der Waals surface area contributed by atoms with Gasteiger partial charge in [-0.25, -0.2) is 14.5 Å². The molecule has 0 radical (unpaired) electrons. The van der Waals surface area contributed by atoms with E-state index in [1.165, 1.54) is 0 Å². The monoisotopic (exact) mass is 326 g/mol. The van der Waals surface area contributed by atoms with E-state index in [9.17, 15) is 0 Å². The van der Waals surface area contributed by atoms with Crippen LogP contribution in [-0.4, -0.2) is 24.1 Å². The van der Waals surface area contributed by atoms with E-state index in [-0.39, 0.29) is 0 Å². The first-order chi connectivity index (χ1) is 11.1. The van der Waals surface area contributed by atoms with Crippen LogP contribution in [0.2, 0.25) is 0 Å². The third kappa shape index (κ3) is 2.42. The van der Waals surface area contributed by atoms with Crippen LogP contribution < -0.4 is 5.32 Å². The quantitative estimate of drug-likeness (QED) is 0.626. The summed E-state index contributed by atoms with van der Waals surface area (Å²) in [5.41, 5.74) is 4.33. The van der Waals surface area contributed by atoms with E-state index >= 15 is 0 Å². The molecule has 4 rings (SSSR count). The number of aromatic nitrogens is 5. The highest BCUT2D eigenvalue weighted by atomic mass is 32.1. The van der Waals surface area contributed by atoms with E-state index < -0.39 is 0 Å². The molecule has 6 nitrogen and oxygen atoms in total. The normalized spacial score (nSPS) is 11.8. The molecule has 0 amide bonds. The van der Waals surface area contributed by atoms with Crippen LogP contribution in [0.25, 0.3) is 16.0 Å². The molecule has 3 heterocycles. The molecule has 0 aliphatic rings. The van der Waals surface area contributed by atoms with Gasteiger partial charge in [0.2, 0.25) is 4.96 Å². The summed E-state index contributed by atoms with van der Waals surface area (Å²) >= 11 is 1.62. The molecule has 3 aromatic heterocycles. The zero-order chi connectivity index (χ0) is 16.0. The minimum Gasteiger partial charge on any atom is -0.330 e. The van der Waals surface area contributed by atoms with E-state index in [0.717, 1.165) is 44.8 Å². The van der Waals surface area contributed by atoms with Gasteiger partial charge in [-0.3, -0.25) is 0 Å². The first-order valence-corrected chi connectivity index (χ1v) is 8.38. The van der Waals surface area contributed by atoms with Crippen LogP contribution in [0.4, 0.5) is 0 Å². The Morgan fingerprint density at radius 1 is 1.13 bits per heavy atom. The maximum absolute atomic E-state index is 4.68. The van der Waals surface area contributed by atoms with Gasteiger partial charge in [0, 0.05) is 13.6 Å². The van der Waals surface area contributed by atoms with Gasteiger partial charge in [0.05, 0.1) is 29.0 Å². The summed E-state index contributed by atoms with van der Waals surface area (Å²) in [4.78, 5) is 10.2. The van der Waals surface area contributed by atoms with Crippen LogP contribution in [0.1, 0.15) is 22.2 Å². The molecule has 0 aliphatic carbocycles. The SMILES string of the molecule is Cc1nn2c(CNCc3nc4ccccc4n3C)c(C)nc2s1. The molecule has 0 fully saturated rings. The van der Waals surface area contributed by atoms with Crippen LogP contribution in [0.5, 0.6) is 0 Å². The molecule has 1 aromatic carbocycles. The van der Waals surface area contributed by atoms with Crippen LogP contribution in [0.3, 0.4) is 0 Å². The summed E-state index contributed by atoms with van der Waals surface area (Å²) in [6, 6.07) is 8.19. The number of benzene rings is 1. The Hall–Kier alpha value is -2.25. The Labute approximate surface area is 137 Å². The molecule has 0 spiro atoms. The Morgan fingerprint density at radius 2 is 1.96 bits per heavy atom. The van der Waals surface area contributed by atoms with Crippen molar-refractivity contribution in [3.8, 4) is 0 Å². The summed E-state index contributed by atoms with van der Waals surface area (Å²) in [7, 11) is 2.05. The summed E-state index contributed by atoms with van der Waals surface area (Å²) < 4.78 is 4.07. The average Bonchev–Trinajstić information content (AvgIpc) is 3.13. The van der Waals surface area contributed by atoms with Gasteiger partial charge in [0.1, 0.15) is 10.8 Å². The van der Waals surface area contributed by atoms with Crippen molar-refractivity contribution >= 4 is 27.3 Å². The smallest absolute Gasteiger partial charge is 0.212 e. The minimum atomic E-state index is 0.709. The van der Waals surface area contributed by atoms with Gasteiger partial charge < -0.3 is 9.88 Å². The molecule has 0 saturated carbocycles. The second kappa shape index (κ2) is 5.43. The van der Waals surface area contributed by atoms with E-state index in [2.05, 4.69) is 38.1 Å². The molecule has 0 aliphatic heterocycles. The van der Waals surface area contributed by atoms with Crippen LogP contribution in [-0.2, 0) is 20.1 Å².